The largest absolute Gasteiger partial charge is 0.416 e. The van der Waals surface area contributed by atoms with Crippen molar-refractivity contribution >= 4 is 5.91 Å². The van der Waals surface area contributed by atoms with Crippen LogP contribution >= 0.6 is 0 Å². The Bertz CT molecular complexity index is 774. The molecule has 2 aromatic carbocycles. The van der Waals surface area contributed by atoms with Gasteiger partial charge in [0.1, 0.15) is 11.4 Å². The molecule has 0 aliphatic heterocycles. The maximum absolute atomic E-state index is 14.0. The number of carbonyl (C=O) groups is 1. The van der Waals surface area contributed by atoms with E-state index in [1.807, 2.05) is 0 Å². The zero-order valence-corrected chi connectivity index (χ0v) is 15.1. The van der Waals surface area contributed by atoms with E-state index < -0.39 is 23.2 Å². The SMILES string of the molecule is CO[C@@](C)(CNC(=O)CCc1ccc(C(F)(F)F)cc1)c1ccccc1F. The first-order valence-corrected chi connectivity index (χ1v) is 8.39. The van der Waals surface area contributed by atoms with E-state index in [0.29, 0.717) is 17.5 Å². The quantitative estimate of drug-likeness (QED) is 0.717. The molecule has 0 heterocycles. The van der Waals surface area contributed by atoms with E-state index in [4.69, 9.17) is 4.74 Å². The zero-order chi connectivity index (χ0) is 20.1. The molecule has 1 atom stereocenters. The van der Waals surface area contributed by atoms with E-state index in [9.17, 15) is 22.4 Å². The minimum absolute atomic E-state index is 0.0658. The van der Waals surface area contributed by atoms with Crippen molar-refractivity contribution in [3.05, 3.63) is 71.0 Å². The minimum Gasteiger partial charge on any atom is -0.372 e. The van der Waals surface area contributed by atoms with Gasteiger partial charge in [-0.05, 0) is 37.1 Å². The number of methoxy groups -OCH3 is 1. The fraction of sp³-hybridized carbons (Fsp3) is 0.350. The van der Waals surface area contributed by atoms with Gasteiger partial charge in [0.2, 0.25) is 5.91 Å². The molecule has 0 unspecified atom stereocenters. The van der Waals surface area contributed by atoms with E-state index in [-0.39, 0.29) is 18.9 Å². The van der Waals surface area contributed by atoms with E-state index in [2.05, 4.69) is 5.32 Å². The highest BCUT2D eigenvalue weighted by Crippen LogP contribution is 2.29. The number of hydrogen-bond donors (Lipinski definition) is 1. The molecule has 146 valence electrons. The Morgan fingerprint density at radius 3 is 2.26 bits per heavy atom. The summed E-state index contributed by atoms with van der Waals surface area (Å²) >= 11 is 0. The molecular formula is C20H21F4NO2. The van der Waals surface area contributed by atoms with Gasteiger partial charge < -0.3 is 10.1 Å². The van der Waals surface area contributed by atoms with Gasteiger partial charge in [0.05, 0.1) is 12.1 Å². The summed E-state index contributed by atoms with van der Waals surface area (Å²) in [4.78, 5) is 12.1. The van der Waals surface area contributed by atoms with E-state index in [1.54, 1.807) is 25.1 Å². The lowest BCUT2D eigenvalue weighted by atomic mass is 9.95. The van der Waals surface area contributed by atoms with Crippen LogP contribution in [0.5, 0.6) is 0 Å². The summed E-state index contributed by atoms with van der Waals surface area (Å²) in [5.74, 6) is -0.727. The first-order chi connectivity index (χ1) is 12.7. The lowest BCUT2D eigenvalue weighted by Crippen LogP contribution is -2.40. The second-order valence-electron chi connectivity index (χ2n) is 6.39. The first kappa shape index (κ1) is 20.9. The molecule has 0 aliphatic carbocycles. The molecule has 3 nitrogen and oxygen atoms in total. The van der Waals surface area contributed by atoms with Crippen LogP contribution in [0.1, 0.15) is 30.0 Å². The molecule has 0 spiro atoms. The third-order valence-electron chi connectivity index (χ3n) is 4.44. The Morgan fingerprint density at radius 1 is 1.07 bits per heavy atom. The van der Waals surface area contributed by atoms with Crippen molar-refractivity contribution in [2.24, 2.45) is 0 Å². The van der Waals surface area contributed by atoms with Gasteiger partial charge in [0.25, 0.3) is 0 Å². The molecule has 0 bridgehead atoms. The molecule has 27 heavy (non-hydrogen) atoms. The Morgan fingerprint density at radius 2 is 1.70 bits per heavy atom. The lowest BCUT2D eigenvalue weighted by Gasteiger charge is -2.29. The average molecular weight is 383 g/mol. The fourth-order valence-electron chi connectivity index (χ4n) is 2.64. The second-order valence-corrected chi connectivity index (χ2v) is 6.39. The summed E-state index contributed by atoms with van der Waals surface area (Å²) in [5.41, 5.74) is -0.802. The molecule has 7 heteroatoms. The van der Waals surface area contributed by atoms with Crippen molar-refractivity contribution in [3.63, 3.8) is 0 Å². The fourth-order valence-corrected chi connectivity index (χ4v) is 2.64. The smallest absolute Gasteiger partial charge is 0.372 e. The van der Waals surface area contributed by atoms with Crippen LogP contribution < -0.4 is 5.32 Å². The number of hydrogen-bond acceptors (Lipinski definition) is 2. The van der Waals surface area contributed by atoms with Crippen molar-refractivity contribution in [2.75, 3.05) is 13.7 Å². The predicted octanol–water partition coefficient (Wildman–Crippen LogP) is 4.46. The standard InChI is InChI=1S/C20H21F4NO2/c1-19(27-2,16-5-3-4-6-17(16)21)13-25-18(26)12-9-14-7-10-15(11-8-14)20(22,23)24/h3-8,10-11H,9,12-13H2,1-2H3,(H,25,26)/t19-/m0/s1. The summed E-state index contributed by atoms with van der Waals surface area (Å²) in [5, 5.41) is 2.70. The Balaban J connectivity index is 1.91. The molecule has 0 aliphatic rings. The zero-order valence-electron chi connectivity index (χ0n) is 15.1. The minimum atomic E-state index is -4.38. The highest BCUT2D eigenvalue weighted by molar-refractivity contribution is 5.76. The third-order valence-corrected chi connectivity index (χ3v) is 4.44. The van der Waals surface area contributed by atoms with Crippen LogP contribution in [0.25, 0.3) is 0 Å². The number of halogens is 4. The van der Waals surface area contributed by atoms with Gasteiger partial charge >= 0.3 is 6.18 Å². The van der Waals surface area contributed by atoms with Gasteiger partial charge in [-0.3, -0.25) is 4.79 Å². The highest BCUT2D eigenvalue weighted by Gasteiger charge is 2.30. The number of amides is 1. The van der Waals surface area contributed by atoms with Gasteiger partial charge in [-0.2, -0.15) is 13.2 Å². The molecule has 2 aromatic rings. The van der Waals surface area contributed by atoms with Gasteiger partial charge in [-0.25, -0.2) is 4.39 Å². The Hall–Kier alpha value is -2.41. The van der Waals surface area contributed by atoms with Crippen LogP contribution in [0.15, 0.2) is 48.5 Å². The summed E-state index contributed by atoms with van der Waals surface area (Å²) in [6, 6.07) is 10.9. The van der Waals surface area contributed by atoms with Crippen molar-refractivity contribution in [3.8, 4) is 0 Å². The van der Waals surface area contributed by atoms with Gasteiger partial charge in [-0.15, -0.1) is 0 Å². The molecule has 0 fully saturated rings. The number of alkyl halides is 3. The lowest BCUT2D eigenvalue weighted by molar-refractivity contribution is -0.137. The van der Waals surface area contributed by atoms with Crippen LogP contribution in [0.4, 0.5) is 17.6 Å². The van der Waals surface area contributed by atoms with Crippen molar-refractivity contribution < 1.29 is 27.1 Å². The average Bonchev–Trinajstić information content (AvgIpc) is 2.64. The number of nitrogens with one attached hydrogen (secondary N) is 1. The molecule has 0 saturated heterocycles. The number of carbonyl (C=O) groups excluding carboxylic acids is 1. The summed E-state index contributed by atoms with van der Waals surface area (Å²) in [6.45, 7) is 1.73. The van der Waals surface area contributed by atoms with Crippen LogP contribution in [0, 0.1) is 5.82 Å². The number of rotatable bonds is 7. The van der Waals surface area contributed by atoms with E-state index >= 15 is 0 Å². The topological polar surface area (TPSA) is 38.3 Å². The molecule has 0 saturated carbocycles. The second kappa shape index (κ2) is 8.52. The summed E-state index contributed by atoms with van der Waals surface area (Å²) in [7, 11) is 1.43. The molecule has 1 amide bonds. The maximum atomic E-state index is 14.0. The Kier molecular flexibility index (Phi) is 6.59. The molecule has 2 rings (SSSR count). The van der Waals surface area contributed by atoms with E-state index in [0.717, 1.165) is 12.1 Å². The van der Waals surface area contributed by atoms with Crippen molar-refractivity contribution in [2.45, 2.75) is 31.5 Å². The van der Waals surface area contributed by atoms with Crippen LogP contribution in [-0.2, 0) is 27.7 Å². The molecule has 0 radical (unpaired) electrons. The number of aryl methyl sites for hydroxylation is 1. The molecular weight excluding hydrogens is 362 g/mol. The monoisotopic (exact) mass is 383 g/mol. The number of benzene rings is 2. The van der Waals surface area contributed by atoms with Crippen molar-refractivity contribution in [1.82, 2.24) is 5.32 Å². The Labute approximate surface area is 155 Å². The summed E-state index contributed by atoms with van der Waals surface area (Å²) < 4.78 is 57.0. The molecule has 1 N–H and O–H groups in total. The first-order valence-electron chi connectivity index (χ1n) is 8.39. The van der Waals surface area contributed by atoms with Crippen LogP contribution in [-0.4, -0.2) is 19.6 Å². The van der Waals surface area contributed by atoms with Gasteiger partial charge in [-0.1, -0.05) is 30.3 Å². The van der Waals surface area contributed by atoms with E-state index in [1.165, 1.54) is 25.3 Å². The third kappa shape index (κ3) is 5.53. The molecule has 0 aromatic heterocycles. The predicted molar refractivity (Wildman–Crippen MR) is 93.5 cm³/mol. The normalized spacial score (nSPS) is 13.9. The van der Waals surface area contributed by atoms with Crippen LogP contribution in [0.3, 0.4) is 0 Å². The van der Waals surface area contributed by atoms with Crippen LogP contribution in [0.2, 0.25) is 0 Å². The summed E-state index contributed by atoms with van der Waals surface area (Å²) in [6.07, 6.45) is -3.98. The highest BCUT2D eigenvalue weighted by atomic mass is 19.4. The van der Waals surface area contributed by atoms with Gasteiger partial charge in [0.15, 0.2) is 0 Å². The van der Waals surface area contributed by atoms with Crippen molar-refractivity contribution in [1.29, 1.82) is 0 Å². The van der Waals surface area contributed by atoms with Gasteiger partial charge in [0, 0.05) is 19.1 Å². The maximum Gasteiger partial charge on any atom is 0.416 e. The number of ether oxygens (including phenoxy) is 1.